The molecule has 2 unspecified atom stereocenters. The Balaban J connectivity index is 2.01. The minimum atomic E-state index is -0.196. The molecule has 0 fully saturated rings. The number of methoxy groups -OCH3 is 1. The van der Waals surface area contributed by atoms with Gasteiger partial charge in [0.25, 0.3) is 11.8 Å². The average Bonchev–Trinajstić information content (AvgIpc) is 2.97. The summed E-state index contributed by atoms with van der Waals surface area (Å²) in [5.41, 5.74) is 0.911. The highest BCUT2D eigenvalue weighted by molar-refractivity contribution is 8.00. The summed E-state index contributed by atoms with van der Waals surface area (Å²) in [4.78, 5) is 15.6. The van der Waals surface area contributed by atoms with Crippen molar-refractivity contribution in [2.45, 2.75) is 30.0 Å². The molecule has 1 aliphatic rings. The second-order valence-electron chi connectivity index (χ2n) is 4.94. The Bertz CT molecular complexity index is 670. The second kappa shape index (κ2) is 5.44. The Kier molecular flexibility index (Phi) is 3.63. The van der Waals surface area contributed by atoms with Crippen LogP contribution >= 0.6 is 11.8 Å². The lowest BCUT2D eigenvalue weighted by atomic mass is 10.1. The third-order valence-corrected chi connectivity index (χ3v) is 5.02. The van der Waals surface area contributed by atoms with Crippen molar-refractivity contribution in [2.24, 2.45) is 0 Å². The van der Waals surface area contributed by atoms with Crippen molar-refractivity contribution in [2.75, 3.05) is 12.0 Å². The van der Waals surface area contributed by atoms with Crippen LogP contribution in [0.2, 0.25) is 0 Å². The quantitative estimate of drug-likeness (QED) is 0.852. The van der Waals surface area contributed by atoms with E-state index in [2.05, 4.69) is 12.1 Å². The molecule has 1 aromatic heterocycles. The molecule has 2 aromatic rings. The molecule has 0 bridgehead atoms. The number of carbonyl (C=O) groups excluding carboxylic acids is 1. The molecule has 0 saturated heterocycles. The zero-order valence-corrected chi connectivity index (χ0v) is 12.9. The zero-order chi connectivity index (χ0) is 15.0. The maximum Gasteiger partial charge on any atom is 0.297 e. The molecule has 0 N–H and O–H groups in total. The van der Waals surface area contributed by atoms with E-state index in [0.717, 1.165) is 10.6 Å². The number of hydrogen-bond donors (Lipinski definition) is 0. The van der Waals surface area contributed by atoms with Crippen LogP contribution in [0.1, 0.15) is 24.4 Å². The van der Waals surface area contributed by atoms with Crippen molar-refractivity contribution in [3.8, 4) is 5.88 Å². The van der Waals surface area contributed by atoms with E-state index in [4.69, 9.17) is 9.26 Å². The van der Waals surface area contributed by atoms with Crippen molar-refractivity contribution in [1.82, 2.24) is 5.16 Å². The van der Waals surface area contributed by atoms with Crippen LogP contribution in [-0.2, 0) is 0 Å². The minimum absolute atomic E-state index is 0.0634. The molecular formula is C15H16N2O3S. The van der Waals surface area contributed by atoms with Crippen molar-refractivity contribution >= 4 is 23.4 Å². The number of anilines is 1. The molecule has 3 rings (SSSR count). The maximum absolute atomic E-state index is 12.8. The number of amides is 1. The first-order chi connectivity index (χ1) is 10.1. The van der Waals surface area contributed by atoms with Gasteiger partial charge < -0.3 is 14.2 Å². The SMILES string of the molecule is COc1cc(C(=O)N2c3ccccc3SC(C)C2C)on1. The lowest BCUT2D eigenvalue weighted by molar-refractivity contribution is 0.0941. The predicted molar refractivity (Wildman–Crippen MR) is 81.1 cm³/mol. The topological polar surface area (TPSA) is 55.6 Å². The predicted octanol–water partition coefficient (Wildman–Crippen LogP) is 3.21. The number of thioether (sulfide) groups is 1. The molecule has 0 radical (unpaired) electrons. The van der Waals surface area contributed by atoms with Crippen LogP contribution in [0.15, 0.2) is 39.8 Å². The molecule has 0 spiro atoms. The van der Waals surface area contributed by atoms with Gasteiger partial charge in [-0.3, -0.25) is 4.79 Å². The van der Waals surface area contributed by atoms with Gasteiger partial charge in [-0.15, -0.1) is 11.8 Å². The second-order valence-corrected chi connectivity index (χ2v) is 6.36. The molecule has 110 valence electrons. The standard InChI is InChI=1S/C15H16N2O3S/c1-9-10(2)21-13-7-5-4-6-11(13)17(9)15(18)12-8-14(19-3)16-20-12/h4-10H,1-3H3. The third-order valence-electron chi connectivity index (χ3n) is 3.65. The lowest BCUT2D eigenvalue weighted by Crippen LogP contribution is -2.46. The molecule has 21 heavy (non-hydrogen) atoms. The first kappa shape index (κ1) is 14.0. The fourth-order valence-electron chi connectivity index (χ4n) is 2.35. The number of aromatic nitrogens is 1. The van der Waals surface area contributed by atoms with Crippen molar-refractivity contribution in [1.29, 1.82) is 0 Å². The summed E-state index contributed by atoms with van der Waals surface area (Å²) in [6, 6.07) is 9.48. The van der Waals surface area contributed by atoms with Crippen LogP contribution in [-0.4, -0.2) is 29.5 Å². The van der Waals surface area contributed by atoms with Crippen LogP contribution in [0.5, 0.6) is 5.88 Å². The van der Waals surface area contributed by atoms with Gasteiger partial charge in [0.05, 0.1) is 18.9 Å². The fraction of sp³-hybridized carbons (Fsp3) is 0.333. The number of rotatable bonds is 2. The van der Waals surface area contributed by atoms with Crippen molar-refractivity contribution < 1.29 is 14.1 Å². The van der Waals surface area contributed by atoms with E-state index in [1.807, 2.05) is 31.2 Å². The molecule has 0 saturated carbocycles. The van der Waals surface area contributed by atoms with Crippen LogP contribution in [0.25, 0.3) is 0 Å². The van der Waals surface area contributed by atoms with Gasteiger partial charge >= 0.3 is 0 Å². The van der Waals surface area contributed by atoms with Gasteiger partial charge in [0, 0.05) is 16.2 Å². The summed E-state index contributed by atoms with van der Waals surface area (Å²) in [7, 11) is 1.49. The van der Waals surface area contributed by atoms with Crippen LogP contribution in [0.3, 0.4) is 0 Å². The Labute approximate surface area is 127 Å². The molecule has 2 heterocycles. The Hall–Kier alpha value is -1.95. The summed E-state index contributed by atoms with van der Waals surface area (Å²) in [6.07, 6.45) is 0. The Morgan fingerprint density at radius 3 is 2.86 bits per heavy atom. The molecule has 6 heteroatoms. The van der Waals surface area contributed by atoms with Gasteiger partial charge in [0.1, 0.15) is 0 Å². The maximum atomic E-state index is 12.8. The number of hydrogen-bond acceptors (Lipinski definition) is 5. The van der Waals surface area contributed by atoms with Crippen LogP contribution in [0.4, 0.5) is 5.69 Å². The average molecular weight is 304 g/mol. The first-order valence-corrected chi connectivity index (χ1v) is 7.59. The first-order valence-electron chi connectivity index (χ1n) is 6.71. The highest BCUT2D eigenvalue weighted by Crippen LogP contribution is 2.42. The monoisotopic (exact) mass is 304 g/mol. The number of para-hydroxylation sites is 1. The molecule has 5 nitrogen and oxygen atoms in total. The number of carbonyl (C=O) groups is 1. The molecule has 0 aliphatic carbocycles. The third kappa shape index (κ3) is 2.40. The summed E-state index contributed by atoms with van der Waals surface area (Å²) in [5, 5.41) is 4.00. The van der Waals surface area contributed by atoms with Gasteiger partial charge in [-0.05, 0) is 24.2 Å². The zero-order valence-electron chi connectivity index (χ0n) is 12.1. The Morgan fingerprint density at radius 2 is 2.14 bits per heavy atom. The number of nitrogens with zero attached hydrogens (tertiary/aromatic N) is 2. The van der Waals surface area contributed by atoms with Crippen LogP contribution in [0, 0.1) is 0 Å². The molecule has 1 aliphatic heterocycles. The van der Waals surface area contributed by atoms with Crippen molar-refractivity contribution in [3.05, 3.63) is 36.1 Å². The van der Waals surface area contributed by atoms with E-state index in [-0.39, 0.29) is 17.7 Å². The number of ether oxygens (including phenoxy) is 1. The van der Waals surface area contributed by atoms with E-state index in [1.54, 1.807) is 16.7 Å². The van der Waals surface area contributed by atoms with E-state index in [1.165, 1.54) is 13.2 Å². The highest BCUT2D eigenvalue weighted by Gasteiger charge is 2.35. The Morgan fingerprint density at radius 1 is 1.38 bits per heavy atom. The van der Waals surface area contributed by atoms with Gasteiger partial charge in [-0.2, -0.15) is 0 Å². The molecule has 2 atom stereocenters. The normalized spacial score (nSPS) is 21.0. The number of fused-ring (bicyclic) bond motifs is 1. The van der Waals surface area contributed by atoms with E-state index in [0.29, 0.717) is 11.1 Å². The van der Waals surface area contributed by atoms with Gasteiger partial charge in [0.15, 0.2) is 0 Å². The molecular weight excluding hydrogens is 288 g/mol. The van der Waals surface area contributed by atoms with E-state index in [9.17, 15) is 4.79 Å². The molecule has 1 amide bonds. The largest absolute Gasteiger partial charge is 0.479 e. The summed E-state index contributed by atoms with van der Waals surface area (Å²) in [5.74, 6) is 0.296. The summed E-state index contributed by atoms with van der Waals surface area (Å²) >= 11 is 1.78. The van der Waals surface area contributed by atoms with Gasteiger partial charge in [-0.1, -0.05) is 19.1 Å². The summed E-state index contributed by atoms with van der Waals surface area (Å²) < 4.78 is 10.1. The van der Waals surface area contributed by atoms with Crippen LogP contribution < -0.4 is 9.64 Å². The van der Waals surface area contributed by atoms with E-state index < -0.39 is 0 Å². The molecule has 1 aromatic carbocycles. The fourth-order valence-corrected chi connectivity index (χ4v) is 3.52. The summed E-state index contributed by atoms with van der Waals surface area (Å²) in [6.45, 7) is 4.16. The minimum Gasteiger partial charge on any atom is -0.479 e. The lowest BCUT2D eigenvalue weighted by Gasteiger charge is -2.38. The van der Waals surface area contributed by atoms with Crippen molar-refractivity contribution in [3.63, 3.8) is 0 Å². The number of benzene rings is 1. The van der Waals surface area contributed by atoms with Gasteiger partial charge in [0.2, 0.25) is 5.76 Å². The smallest absolute Gasteiger partial charge is 0.297 e. The highest BCUT2D eigenvalue weighted by atomic mass is 32.2. The van der Waals surface area contributed by atoms with Gasteiger partial charge in [-0.25, -0.2) is 0 Å². The van der Waals surface area contributed by atoms with E-state index >= 15 is 0 Å².